The minimum absolute atomic E-state index is 0.223. The van der Waals surface area contributed by atoms with Gasteiger partial charge in [0, 0.05) is 13.1 Å². The maximum atomic E-state index is 11.8. The van der Waals surface area contributed by atoms with Crippen molar-refractivity contribution in [1.82, 2.24) is 15.5 Å². The van der Waals surface area contributed by atoms with E-state index in [1.165, 1.54) is 12.8 Å². The van der Waals surface area contributed by atoms with Crippen LogP contribution in [0.2, 0.25) is 0 Å². The lowest BCUT2D eigenvalue weighted by Crippen LogP contribution is -2.48. The zero-order chi connectivity index (χ0) is 15.8. The van der Waals surface area contributed by atoms with E-state index in [-0.39, 0.29) is 5.92 Å². The van der Waals surface area contributed by atoms with Crippen LogP contribution in [-0.4, -0.2) is 54.2 Å². The Morgan fingerprint density at radius 1 is 1.19 bits per heavy atom. The van der Waals surface area contributed by atoms with E-state index in [9.17, 15) is 9.59 Å². The van der Waals surface area contributed by atoms with E-state index in [1.807, 2.05) is 13.8 Å². The van der Waals surface area contributed by atoms with Gasteiger partial charge in [0.1, 0.15) is 6.04 Å². The van der Waals surface area contributed by atoms with Crippen molar-refractivity contribution in [3.8, 4) is 0 Å². The number of hydrogen-bond acceptors (Lipinski definition) is 3. The Morgan fingerprint density at radius 2 is 1.81 bits per heavy atom. The highest BCUT2D eigenvalue weighted by molar-refractivity contribution is 5.82. The Labute approximate surface area is 127 Å². The van der Waals surface area contributed by atoms with E-state index in [0.717, 1.165) is 19.6 Å². The molecule has 21 heavy (non-hydrogen) atoms. The first-order chi connectivity index (χ1) is 9.88. The Morgan fingerprint density at radius 3 is 2.33 bits per heavy atom. The summed E-state index contributed by atoms with van der Waals surface area (Å²) >= 11 is 0. The number of hydrogen-bond donors (Lipinski definition) is 3. The molecule has 1 heterocycles. The van der Waals surface area contributed by atoms with Gasteiger partial charge in [-0.05, 0) is 44.2 Å². The van der Waals surface area contributed by atoms with Gasteiger partial charge in [0.05, 0.1) is 0 Å². The topological polar surface area (TPSA) is 81.7 Å². The molecule has 6 nitrogen and oxygen atoms in total. The van der Waals surface area contributed by atoms with E-state index < -0.39 is 18.0 Å². The fourth-order valence-electron chi connectivity index (χ4n) is 2.64. The van der Waals surface area contributed by atoms with Crippen LogP contribution in [0, 0.1) is 11.8 Å². The standard InChI is InChI=1S/C15H29N3O3/c1-11(2)8-13(14(19)20)17-15(21)16-9-12(3)10-18-6-4-5-7-18/h11-13H,4-10H2,1-3H3,(H,19,20)(H2,16,17,21)/t12?,13-/m1/s1. The van der Waals surface area contributed by atoms with Gasteiger partial charge in [0.2, 0.25) is 0 Å². The molecule has 1 saturated heterocycles. The fourth-order valence-corrected chi connectivity index (χ4v) is 2.64. The van der Waals surface area contributed by atoms with E-state index in [4.69, 9.17) is 5.11 Å². The van der Waals surface area contributed by atoms with Crippen molar-refractivity contribution in [3.05, 3.63) is 0 Å². The fraction of sp³-hybridized carbons (Fsp3) is 0.867. The lowest BCUT2D eigenvalue weighted by atomic mass is 10.0. The predicted molar refractivity (Wildman–Crippen MR) is 82.3 cm³/mol. The number of urea groups is 1. The van der Waals surface area contributed by atoms with Gasteiger partial charge in [-0.2, -0.15) is 0 Å². The number of carbonyl (C=O) groups is 2. The second-order valence-electron chi connectivity index (χ2n) is 6.49. The minimum Gasteiger partial charge on any atom is -0.480 e. The van der Waals surface area contributed by atoms with Crippen molar-refractivity contribution in [3.63, 3.8) is 0 Å². The average molecular weight is 299 g/mol. The zero-order valence-electron chi connectivity index (χ0n) is 13.4. The second-order valence-corrected chi connectivity index (χ2v) is 6.49. The van der Waals surface area contributed by atoms with Crippen LogP contribution in [0.3, 0.4) is 0 Å². The van der Waals surface area contributed by atoms with Gasteiger partial charge in [-0.25, -0.2) is 9.59 Å². The van der Waals surface area contributed by atoms with Crippen molar-refractivity contribution >= 4 is 12.0 Å². The van der Waals surface area contributed by atoms with E-state index in [0.29, 0.717) is 18.9 Å². The molecule has 0 aliphatic carbocycles. The third-order valence-electron chi connectivity index (χ3n) is 3.69. The summed E-state index contributed by atoms with van der Waals surface area (Å²) in [6, 6.07) is -1.21. The van der Waals surface area contributed by atoms with Crippen LogP contribution < -0.4 is 10.6 Å². The zero-order valence-corrected chi connectivity index (χ0v) is 13.4. The van der Waals surface area contributed by atoms with Gasteiger partial charge < -0.3 is 20.6 Å². The largest absolute Gasteiger partial charge is 0.480 e. The molecule has 0 bridgehead atoms. The number of carboxylic acid groups (broad SMARTS) is 1. The third-order valence-corrected chi connectivity index (χ3v) is 3.69. The lowest BCUT2D eigenvalue weighted by Gasteiger charge is -2.21. The SMILES string of the molecule is CC(C)C[C@@H](NC(=O)NCC(C)CN1CCCC1)C(=O)O. The van der Waals surface area contributed by atoms with Crippen LogP contribution in [-0.2, 0) is 4.79 Å². The molecule has 0 radical (unpaired) electrons. The molecule has 1 fully saturated rings. The molecular formula is C15H29N3O3. The second kappa shape index (κ2) is 8.87. The van der Waals surface area contributed by atoms with Crippen LogP contribution in [0.15, 0.2) is 0 Å². The number of amides is 2. The average Bonchev–Trinajstić information content (AvgIpc) is 2.87. The quantitative estimate of drug-likeness (QED) is 0.634. The molecule has 0 aromatic rings. The van der Waals surface area contributed by atoms with Crippen molar-refractivity contribution < 1.29 is 14.7 Å². The number of likely N-dealkylation sites (tertiary alicyclic amines) is 1. The van der Waals surface area contributed by atoms with Gasteiger partial charge in [0.25, 0.3) is 0 Å². The van der Waals surface area contributed by atoms with Crippen molar-refractivity contribution in [2.45, 2.75) is 46.1 Å². The molecule has 122 valence electrons. The van der Waals surface area contributed by atoms with Crippen LogP contribution >= 0.6 is 0 Å². The van der Waals surface area contributed by atoms with Crippen LogP contribution in [0.25, 0.3) is 0 Å². The molecule has 1 aliphatic rings. The summed E-state index contributed by atoms with van der Waals surface area (Å²) in [7, 11) is 0. The van der Waals surface area contributed by atoms with Gasteiger partial charge in [-0.15, -0.1) is 0 Å². The summed E-state index contributed by atoms with van der Waals surface area (Å²) < 4.78 is 0. The summed E-state index contributed by atoms with van der Waals surface area (Å²) in [5.41, 5.74) is 0. The summed E-state index contributed by atoms with van der Waals surface area (Å²) in [6.45, 7) is 9.81. The van der Waals surface area contributed by atoms with Crippen molar-refractivity contribution in [2.24, 2.45) is 11.8 Å². The highest BCUT2D eigenvalue weighted by Gasteiger charge is 2.21. The van der Waals surface area contributed by atoms with Gasteiger partial charge in [-0.1, -0.05) is 20.8 Å². The number of carboxylic acids is 1. The number of rotatable bonds is 8. The van der Waals surface area contributed by atoms with E-state index in [2.05, 4.69) is 22.5 Å². The summed E-state index contributed by atoms with van der Waals surface area (Å²) in [4.78, 5) is 25.3. The lowest BCUT2D eigenvalue weighted by molar-refractivity contribution is -0.139. The smallest absolute Gasteiger partial charge is 0.326 e. The number of nitrogens with zero attached hydrogens (tertiary/aromatic N) is 1. The minimum atomic E-state index is -0.982. The molecule has 0 spiro atoms. The summed E-state index contributed by atoms with van der Waals surface area (Å²) in [6.07, 6.45) is 2.96. The normalized spacial score (nSPS) is 18.5. The number of carbonyl (C=O) groups excluding carboxylic acids is 1. The summed E-state index contributed by atoms with van der Waals surface area (Å²) in [5, 5.41) is 14.4. The van der Waals surface area contributed by atoms with Gasteiger partial charge in [-0.3, -0.25) is 0 Å². The molecule has 0 saturated carbocycles. The molecule has 1 aliphatic heterocycles. The van der Waals surface area contributed by atoms with Crippen molar-refractivity contribution in [1.29, 1.82) is 0 Å². The molecule has 0 aromatic heterocycles. The third kappa shape index (κ3) is 7.32. The summed E-state index contributed by atoms with van der Waals surface area (Å²) in [5.74, 6) is -0.397. The Hall–Kier alpha value is -1.30. The van der Waals surface area contributed by atoms with Crippen LogP contribution in [0.5, 0.6) is 0 Å². The van der Waals surface area contributed by atoms with Gasteiger partial charge >= 0.3 is 12.0 Å². The monoisotopic (exact) mass is 299 g/mol. The van der Waals surface area contributed by atoms with Crippen molar-refractivity contribution in [2.75, 3.05) is 26.2 Å². The molecule has 3 N–H and O–H groups in total. The van der Waals surface area contributed by atoms with E-state index in [1.54, 1.807) is 0 Å². The first-order valence-corrected chi connectivity index (χ1v) is 7.88. The highest BCUT2D eigenvalue weighted by Crippen LogP contribution is 2.09. The first kappa shape index (κ1) is 17.8. The molecule has 1 unspecified atom stereocenters. The van der Waals surface area contributed by atoms with Crippen LogP contribution in [0.4, 0.5) is 4.79 Å². The maximum Gasteiger partial charge on any atom is 0.326 e. The molecule has 2 amide bonds. The predicted octanol–water partition coefficient (Wildman–Crippen LogP) is 1.52. The van der Waals surface area contributed by atoms with Gasteiger partial charge in [0.15, 0.2) is 0 Å². The Bertz CT molecular complexity index is 341. The molecule has 6 heteroatoms. The van der Waals surface area contributed by atoms with E-state index >= 15 is 0 Å². The highest BCUT2D eigenvalue weighted by atomic mass is 16.4. The Balaban J connectivity index is 2.26. The number of nitrogens with one attached hydrogen (secondary N) is 2. The Kier molecular flexibility index (Phi) is 7.50. The molecular weight excluding hydrogens is 270 g/mol. The molecule has 2 atom stereocenters. The van der Waals surface area contributed by atoms with Crippen LogP contribution in [0.1, 0.15) is 40.0 Å². The first-order valence-electron chi connectivity index (χ1n) is 7.88. The number of aliphatic carboxylic acids is 1. The molecule has 1 rings (SSSR count). The maximum absolute atomic E-state index is 11.8. The molecule has 0 aromatic carbocycles.